The van der Waals surface area contributed by atoms with Gasteiger partial charge in [0.25, 0.3) is 5.91 Å². The van der Waals surface area contributed by atoms with Gasteiger partial charge in [0.15, 0.2) is 0 Å². The molecule has 0 unspecified atom stereocenters. The van der Waals surface area contributed by atoms with E-state index in [1.807, 2.05) is 16.9 Å². The fraction of sp³-hybridized carbons (Fsp3) is 0.385. The summed E-state index contributed by atoms with van der Waals surface area (Å²) in [7, 11) is 1.77. The number of nitrogens with zero attached hydrogens (tertiary/aromatic N) is 3. The van der Waals surface area contributed by atoms with Crippen LogP contribution in [0.25, 0.3) is 5.69 Å². The molecule has 1 fully saturated rings. The van der Waals surface area contributed by atoms with Gasteiger partial charge in [0.05, 0.1) is 17.8 Å². The zero-order valence-electron chi connectivity index (χ0n) is 18.3. The molecule has 1 aliphatic heterocycles. The first-order chi connectivity index (χ1) is 15.1. The monoisotopic (exact) mass is 415 g/mol. The van der Waals surface area contributed by atoms with Crippen LogP contribution >= 0.6 is 0 Å². The molecular formula is C26H29N3O2. The number of rotatable bonds is 5. The van der Waals surface area contributed by atoms with Crippen LogP contribution in [-0.2, 0) is 17.7 Å². The van der Waals surface area contributed by atoms with E-state index in [0.29, 0.717) is 6.54 Å². The summed E-state index contributed by atoms with van der Waals surface area (Å²) in [4.78, 5) is 15.4. The van der Waals surface area contributed by atoms with Crippen molar-refractivity contribution in [3.63, 3.8) is 0 Å². The highest BCUT2D eigenvalue weighted by atomic mass is 16.5. The van der Waals surface area contributed by atoms with E-state index in [-0.39, 0.29) is 18.1 Å². The number of amides is 1. The van der Waals surface area contributed by atoms with Gasteiger partial charge >= 0.3 is 0 Å². The van der Waals surface area contributed by atoms with Crippen molar-refractivity contribution in [2.45, 2.75) is 57.7 Å². The van der Waals surface area contributed by atoms with E-state index in [1.165, 1.54) is 29.5 Å². The molecule has 5 nitrogen and oxygen atoms in total. The molecule has 0 spiro atoms. The van der Waals surface area contributed by atoms with Gasteiger partial charge in [-0.3, -0.25) is 4.79 Å². The maximum Gasteiger partial charge on any atom is 0.254 e. The summed E-state index contributed by atoms with van der Waals surface area (Å²) >= 11 is 0. The second-order valence-electron chi connectivity index (χ2n) is 8.79. The number of benzene rings is 2. The second kappa shape index (κ2) is 8.31. The number of methoxy groups -OCH3 is 1. The van der Waals surface area contributed by atoms with Crippen molar-refractivity contribution in [3.8, 4) is 5.69 Å². The lowest BCUT2D eigenvalue weighted by Gasteiger charge is -2.37. The minimum Gasteiger partial charge on any atom is -0.379 e. The molecule has 160 valence electrons. The van der Waals surface area contributed by atoms with Gasteiger partial charge < -0.3 is 9.64 Å². The van der Waals surface area contributed by atoms with E-state index < -0.39 is 0 Å². The van der Waals surface area contributed by atoms with E-state index in [2.05, 4.69) is 53.3 Å². The van der Waals surface area contributed by atoms with Gasteiger partial charge in [0.1, 0.15) is 0 Å². The Bertz CT molecular complexity index is 1070. The molecule has 1 aliphatic carbocycles. The van der Waals surface area contributed by atoms with E-state index in [1.54, 1.807) is 13.3 Å². The zero-order chi connectivity index (χ0) is 21.4. The van der Waals surface area contributed by atoms with Crippen LogP contribution in [0.5, 0.6) is 0 Å². The Kier molecular flexibility index (Phi) is 5.36. The molecule has 1 amide bonds. The summed E-state index contributed by atoms with van der Waals surface area (Å²) < 4.78 is 7.58. The molecule has 3 aromatic rings. The molecule has 2 aromatic carbocycles. The summed E-state index contributed by atoms with van der Waals surface area (Å²) in [5, 5.41) is 4.28. The lowest BCUT2D eigenvalue weighted by Crippen LogP contribution is -2.46. The third kappa shape index (κ3) is 3.79. The van der Waals surface area contributed by atoms with Crippen LogP contribution < -0.4 is 0 Å². The Balaban J connectivity index is 1.36. The first-order valence-corrected chi connectivity index (χ1v) is 11.2. The number of carbonyl (C=O) groups excluding carboxylic acids is 1. The Labute approximate surface area is 183 Å². The van der Waals surface area contributed by atoms with Gasteiger partial charge in [-0.1, -0.05) is 31.0 Å². The number of ether oxygens (including phenoxy) is 1. The zero-order valence-corrected chi connectivity index (χ0v) is 18.3. The van der Waals surface area contributed by atoms with Crippen LogP contribution in [-0.4, -0.2) is 39.8 Å². The second-order valence-corrected chi connectivity index (χ2v) is 8.79. The number of hydrogen-bond acceptors (Lipinski definition) is 3. The quantitative estimate of drug-likeness (QED) is 0.608. The Hall–Kier alpha value is -2.92. The fourth-order valence-corrected chi connectivity index (χ4v) is 5.13. The van der Waals surface area contributed by atoms with Crippen molar-refractivity contribution >= 4 is 5.91 Å². The van der Waals surface area contributed by atoms with Crippen LogP contribution in [0.1, 0.15) is 58.3 Å². The predicted molar refractivity (Wildman–Crippen MR) is 120 cm³/mol. The molecule has 0 saturated heterocycles. The van der Waals surface area contributed by atoms with Gasteiger partial charge in [0, 0.05) is 31.6 Å². The standard InChI is InChI=1S/C26H29N3O2/c1-18-14-21-17-28(24-6-3-4-7-25(24)31-2)26(30)23(21)16-20(18)15-19-8-10-22(11-9-19)29-13-5-12-27-29/h5,8-14,16,24-25H,3-4,6-7,15,17H2,1-2H3/t24-,25-/m0/s1. The topological polar surface area (TPSA) is 47.4 Å². The molecule has 2 aliphatic rings. The van der Waals surface area contributed by atoms with Crippen molar-refractivity contribution in [1.29, 1.82) is 0 Å². The molecule has 31 heavy (non-hydrogen) atoms. The van der Waals surface area contributed by atoms with Gasteiger partial charge in [-0.25, -0.2) is 4.68 Å². The highest BCUT2D eigenvalue weighted by Crippen LogP contribution is 2.34. The van der Waals surface area contributed by atoms with E-state index in [9.17, 15) is 4.79 Å². The average Bonchev–Trinajstić information content (AvgIpc) is 3.43. The van der Waals surface area contributed by atoms with Gasteiger partial charge in [-0.15, -0.1) is 0 Å². The molecule has 1 aromatic heterocycles. The Morgan fingerprint density at radius 2 is 1.94 bits per heavy atom. The summed E-state index contributed by atoms with van der Waals surface area (Å²) in [5.74, 6) is 0.166. The fourth-order valence-electron chi connectivity index (χ4n) is 5.13. The molecule has 0 radical (unpaired) electrons. The van der Waals surface area contributed by atoms with Gasteiger partial charge in [-0.05, 0) is 72.7 Å². The van der Waals surface area contributed by atoms with E-state index >= 15 is 0 Å². The minimum absolute atomic E-state index is 0.154. The van der Waals surface area contributed by atoms with Gasteiger partial charge in [-0.2, -0.15) is 5.10 Å². The average molecular weight is 416 g/mol. The molecule has 5 heteroatoms. The Morgan fingerprint density at radius 3 is 2.68 bits per heavy atom. The first kappa shape index (κ1) is 20.0. The summed E-state index contributed by atoms with van der Waals surface area (Å²) in [6, 6.07) is 14.9. The normalized spacial score (nSPS) is 20.8. The van der Waals surface area contributed by atoms with Crippen molar-refractivity contribution in [1.82, 2.24) is 14.7 Å². The maximum absolute atomic E-state index is 13.3. The molecule has 0 bridgehead atoms. The lowest BCUT2D eigenvalue weighted by molar-refractivity contribution is -0.00582. The van der Waals surface area contributed by atoms with Crippen LogP contribution in [0.2, 0.25) is 0 Å². The van der Waals surface area contributed by atoms with E-state index in [4.69, 9.17) is 4.74 Å². The number of aromatic nitrogens is 2. The third-order valence-electron chi connectivity index (χ3n) is 6.86. The van der Waals surface area contributed by atoms with Crippen LogP contribution in [0.4, 0.5) is 0 Å². The van der Waals surface area contributed by atoms with Crippen LogP contribution in [0, 0.1) is 6.92 Å². The predicted octanol–water partition coefficient (Wildman–Crippen LogP) is 4.68. The minimum atomic E-state index is 0.154. The summed E-state index contributed by atoms with van der Waals surface area (Å²) in [6.07, 6.45) is 9.13. The molecule has 2 heterocycles. The summed E-state index contributed by atoms with van der Waals surface area (Å²) in [6.45, 7) is 2.86. The molecule has 5 rings (SSSR count). The smallest absolute Gasteiger partial charge is 0.254 e. The SMILES string of the molecule is CO[C@H]1CCCC[C@@H]1N1Cc2cc(C)c(Cc3ccc(-n4cccn4)cc3)cc2C1=O. The van der Waals surface area contributed by atoms with Crippen molar-refractivity contribution < 1.29 is 9.53 Å². The first-order valence-electron chi connectivity index (χ1n) is 11.2. The van der Waals surface area contributed by atoms with E-state index in [0.717, 1.165) is 36.1 Å². The number of hydrogen-bond donors (Lipinski definition) is 0. The van der Waals surface area contributed by atoms with Gasteiger partial charge in [0.2, 0.25) is 0 Å². The number of carbonyl (C=O) groups is 1. The maximum atomic E-state index is 13.3. The van der Waals surface area contributed by atoms with Crippen LogP contribution in [0.15, 0.2) is 54.9 Å². The lowest BCUT2D eigenvalue weighted by atomic mass is 9.91. The van der Waals surface area contributed by atoms with Crippen molar-refractivity contribution in [3.05, 3.63) is 82.7 Å². The van der Waals surface area contributed by atoms with Crippen LogP contribution in [0.3, 0.4) is 0 Å². The van der Waals surface area contributed by atoms with Crippen molar-refractivity contribution in [2.75, 3.05) is 7.11 Å². The largest absolute Gasteiger partial charge is 0.379 e. The molecule has 1 saturated carbocycles. The highest BCUT2D eigenvalue weighted by Gasteiger charge is 2.38. The Morgan fingerprint density at radius 1 is 1.13 bits per heavy atom. The third-order valence-corrected chi connectivity index (χ3v) is 6.86. The molecule has 0 N–H and O–H groups in total. The number of aryl methyl sites for hydroxylation is 1. The number of fused-ring (bicyclic) bond motifs is 1. The molecule has 2 atom stereocenters. The van der Waals surface area contributed by atoms with Crippen molar-refractivity contribution in [2.24, 2.45) is 0 Å². The highest BCUT2D eigenvalue weighted by molar-refractivity contribution is 5.99. The molecular weight excluding hydrogens is 386 g/mol. The summed E-state index contributed by atoms with van der Waals surface area (Å²) in [5.41, 5.74) is 6.76.